The van der Waals surface area contributed by atoms with E-state index >= 15 is 0 Å². The molecule has 0 radical (unpaired) electrons. The van der Waals surface area contributed by atoms with Gasteiger partial charge in [-0.1, -0.05) is 24.1 Å². The van der Waals surface area contributed by atoms with Gasteiger partial charge in [-0.3, -0.25) is 4.79 Å². The molecule has 1 amide bonds. The number of nitrogens with one attached hydrogen (secondary N) is 1. The number of rotatable bonds is 4. The van der Waals surface area contributed by atoms with Gasteiger partial charge >= 0.3 is 0 Å². The van der Waals surface area contributed by atoms with Gasteiger partial charge in [0.05, 0.1) is 6.54 Å². The summed E-state index contributed by atoms with van der Waals surface area (Å²) in [4.78, 5) is 16.2. The molecule has 1 N–H and O–H groups in total. The van der Waals surface area contributed by atoms with Crippen LogP contribution >= 0.6 is 0 Å². The number of aryl methyl sites for hydroxylation is 1. The van der Waals surface area contributed by atoms with Crippen molar-refractivity contribution in [3.63, 3.8) is 0 Å². The maximum absolute atomic E-state index is 10.4. The van der Waals surface area contributed by atoms with Gasteiger partial charge in [-0.25, -0.2) is 4.98 Å². The molecule has 1 aromatic carbocycles. The summed E-state index contributed by atoms with van der Waals surface area (Å²) >= 11 is 0. The predicted molar refractivity (Wildman–Crippen MR) is 82.9 cm³/mol. The van der Waals surface area contributed by atoms with Crippen LogP contribution in [0.25, 0.3) is 11.0 Å². The molecule has 0 bridgehead atoms. The zero-order chi connectivity index (χ0) is 15.2. The molecule has 0 saturated carbocycles. The van der Waals surface area contributed by atoms with Crippen LogP contribution in [0.1, 0.15) is 12.1 Å². The lowest BCUT2D eigenvalue weighted by Crippen LogP contribution is -2.01. The lowest BCUT2D eigenvalue weighted by atomic mass is 10.3. The van der Waals surface area contributed by atoms with Crippen LogP contribution in [0, 0.1) is 11.8 Å². The van der Waals surface area contributed by atoms with Crippen molar-refractivity contribution >= 4 is 23.3 Å². The first-order chi connectivity index (χ1) is 10.8. The van der Waals surface area contributed by atoms with Gasteiger partial charge in [0.1, 0.15) is 22.5 Å². The maximum Gasteiger partial charge on any atom is 0.212 e. The molecule has 0 aliphatic carbocycles. The second-order valence-corrected chi connectivity index (χ2v) is 4.51. The monoisotopic (exact) mass is 291 g/mol. The van der Waals surface area contributed by atoms with Crippen LogP contribution in [0.3, 0.4) is 0 Å². The van der Waals surface area contributed by atoms with Crippen molar-refractivity contribution in [1.29, 1.82) is 0 Å². The molecular weight excluding hydrogens is 278 g/mol. The molecule has 22 heavy (non-hydrogen) atoms. The van der Waals surface area contributed by atoms with Crippen LogP contribution in [0.15, 0.2) is 42.5 Å². The Morgan fingerprint density at radius 1 is 1.09 bits per heavy atom. The molecule has 108 valence electrons. The Bertz CT molecular complexity index is 826. The molecule has 0 atom stereocenters. The average Bonchev–Trinajstić information content (AvgIpc) is 2.95. The van der Waals surface area contributed by atoms with E-state index in [9.17, 15) is 4.79 Å². The number of hydrogen-bond donors (Lipinski definition) is 1. The van der Waals surface area contributed by atoms with Crippen molar-refractivity contribution in [2.45, 2.75) is 13.0 Å². The highest BCUT2D eigenvalue weighted by Crippen LogP contribution is 2.07. The summed E-state index contributed by atoms with van der Waals surface area (Å²) in [6, 6.07) is 13.0. The summed E-state index contributed by atoms with van der Waals surface area (Å²) in [5.74, 6) is 6.48. The Labute approximate surface area is 127 Å². The molecule has 2 aromatic heterocycles. The molecule has 0 aliphatic rings. The largest absolute Gasteiger partial charge is 0.313 e. The summed E-state index contributed by atoms with van der Waals surface area (Å²) in [5, 5.41) is 11.2. The van der Waals surface area contributed by atoms with Gasteiger partial charge in [0, 0.05) is 6.42 Å². The van der Waals surface area contributed by atoms with Crippen LogP contribution in [0.4, 0.5) is 5.82 Å². The summed E-state index contributed by atoms with van der Waals surface area (Å²) in [6.07, 6.45) is 1.21. The summed E-state index contributed by atoms with van der Waals surface area (Å²) in [6.45, 7) is 0.619. The van der Waals surface area contributed by atoms with Gasteiger partial charge in [-0.15, -0.1) is 0 Å². The quantitative estimate of drug-likeness (QED) is 0.588. The Morgan fingerprint density at radius 2 is 1.86 bits per heavy atom. The number of aromatic nitrogens is 4. The van der Waals surface area contributed by atoms with Crippen LogP contribution in [-0.4, -0.2) is 26.4 Å². The minimum Gasteiger partial charge on any atom is -0.313 e. The van der Waals surface area contributed by atoms with E-state index in [2.05, 4.69) is 32.3 Å². The Balaban J connectivity index is 1.63. The lowest BCUT2D eigenvalue weighted by Gasteiger charge is -1.96. The first-order valence-corrected chi connectivity index (χ1v) is 6.81. The molecule has 3 aromatic rings. The van der Waals surface area contributed by atoms with Crippen molar-refractivity contribution in [1.82, 2.24) is 20.0 Å². The minimum absolute atomic E-state index is 0.488. The molecule has 2 heterocycles. The highest BCUT2D eigenvalue weighted by molar-refractivity contribution is 5.73. The first-order valence-electron chi connectivity index (χ1n) is 6.81. The standard InChI is InChI=1S/C16H13N5O/c22-12-17-16-10-5-7-13(18-16)6-3-4-11-21-19-14-8-1-2-9-15(14)20-21/h1-2,5,7-10,12H,4,11H2,(H,17,18,22). The highest BCUT2D eigenvalue weighted by atomic mass is 16.1. The summed E-state index contributed by atoms with van der Waals surface area (Å²) in [7, 11) is 0. The van der Waals surface area contributed by atoms with Crippen molar-refractivity contribution in [3.8, 4) is 11.8 Å². The third kappa shape index (κ3) is 3.27. The van der Waals surface area contributed by atoms with Crippen LogP contribution < -0.4 is 5.32 Å². The number of carbonyl (C=O) groups excluding carboxylic acids is 1. The van der Waals surface area contributed by atoms with E-state index in [1.165, 1.54) is 0 Å². The molecule has 0 fully saturated rings. The first kappa shape index (κ1) is 13.8. The van der Waals surface area contributed by atoms with E-state index < -0.39 is 0 Å². The maximum atomic E-state index is 10.4. The van der Waals surface area contributed by atoms with E-state index in [4.69, 9.17) is 0 Å². The van der Waals surface area contributed by atoms with E-state index in [-0.39, 0.29) is 0 Å². The van der Waals surface area contributed by atoms with E-state index in [1.54, 1.807) is 23.0 Å². The number of fused-ring (bicyclic) bond motifs is 1. The normalized spacial score (nSPS) is 10.0. The second kappa shape index (κ2) is 6.50. The number of nitrogens with zero attached hydrogens (tertiary/aromatic N) is 4. The molecule has 3 rings (SSSR count). The third-order valence-corrected chi connectivity index (χ3v) is 2.94. The molecule has 6 heteroatoms. The van der Waals surface area contributed by atoms with Crippen LogP contribution in [-0.2, 0) is 11.3 Å². The van der Waals surface area contributed by atoms with Crippen LogP contribution in [0.2, 0.25) is 0 Å². The fourth-order valence-corrected chi connectivity index (χ4v) is 1.96. The van der Waals surface area contributed by atoms with Gasteiger partial charge in [0.25, 0.3) is 0 Å². The average molecular weight is 291 g/mol. The van der Waals surface area contributed by atoms with Gasteiger partial charge < -0.3 is 5.32 Å². The van der Waals surface area contributed by atoms with Crippen LogP contribution in [0.5, 0.6) is 0 Å². The minimum atomic E-state index is 0.488. The molecule has 0 aliphatic heterocycles. The van der Waals surface area contributed by atoms with Crippen molar-refractivity contribution in [2.24, 2.45) is 0 Å². The summed E-state index contributed by atoms with van der Waals surface area (Å²) < 4.78 is 0. The van der Waals surface area contributed by atoms with E-state index in [0.717, 1.165) is 11.0 Å². The van der Waals surface area contributed by atoms with Gasteiger partial charge in [-0.2, -0.15) is 15.0 Å². The molecule has 0 spiro atoms. The highest BCUT2D eigenvalue weighted by Gasteiger charge is 1.99. The number of carbonyl (C=O) groups is 1. The summed E-state index contributed by atoms with van der Waals surface area (Å²) in [5.41, 5.74) is 2.37. The SMILES string of the molecule is O=CNc1cccc(C#CCCn2nc3ccccc3n2)n1. The Kier molecular flexibility index (Phi) is 4.07. The molecule has 0 unspecified atom stereocenters. The number of amides is 1. The third-order valence-electron chi connectivity index (χ3n) is 2.94. The van der Waals surface area contributed by atoms with E-state index in [1.807, 2.05) is 24.3 Å². The zero-order valence-electron chi connectivity index (χ0n) is 11.7. The second-order valence-electron chi connectivity index (χ2n) is 4.51. The van der Waals surface area contributed by atoms with Gasteiger partial charge in [0.2, 0.25) is 6.41 Å². The van der Waals surface area contributed by atoms with Gasteiger partial charge in [0.15, 0.2) is 0 Å². The molecule has 0 saturated heterocycles. The smallest absolute Gasteiger partial charge is 0.212 e. The van der Waals surface area contributed by atoms with Gasteiger partial charge in [-0.05, 0) is 30.2 Å². The van der Waals surface area contributed by atoms with Crippen molar-refractivity contribution < 1.29 is 4.79 Å². The Hall–Kier alpha value is -3.20. The number of anilines is 1. The zero-order valence-corrected chi connectivity index (χ0v) is 11.7. The number of pyridine rings is 1. The van der Waals surface area contributed by atoms with Crippen molar-refractivity contribution in [2.75, 3.05) is 5.32 Å². The predicted octanol–water partition coefficient (Wildman–Crippen LogP) is 1.84. The number of hydrogen-bond acceptors (Lipinski definition) is 4. The Morgan fingerprint density at radius 3 is 2.59 bits per heavy atom. The lowest BCUT2D eigenvalue weighted by molar-refractivity contribution is -0.105. The fourth-order valence-electron chi connectivity index (χ4n) is 1.96. The van der Waals surface area contributed by atoms with Crippen molar-refractivity contribution in [3.05, 3.63) is 48.2 Å². The molecular formula is C16H13N5O. The molecule has 6 nitrogen and oxygen atoms in total. The van der Waals surface area contributed by atoms with E-state index in [0.29, 0.717) is 30.9 Å². The topological polar surface area (TPSA) is 72.7 Å². The number of benzene rings is 1. The fraction of sp³-hybridized carbons (Fsp3) is 0.125.